The molecule has 0 aromatic rings. The van der Waals surface area contributed by atoms with E-state index in [2.05, 4.69) is 6.58 Å². The first-order valence-corrected chi connectivity index (χ1v) is 3.18. The maximum atomic E-state index is 5.38. The van der Waals surface area contributed by atoms with E-state index in [1.807, 2.05) is 19.1 Å². The van der Waals surface area contributed by atoms with Gasteiger partial charge in [-0.25, -0.2) is 0 Å². The molecule has 0 bridgehead atoms. The summed E-state index contributed by atoms with van der Waals surface area (Å²) < 4.78 is 0. The summed E-state index contributed by atoms with van der Waals surface area (Å²) in [4.78, 5) is 0. The minimum absolute atomic E-state index is 0.542. The predicted molar refractivity (Wildman–Crippen MR) is 46.8 cm³/mol. The van der Waals surface area contributed by atoms with Gasteiger partial charge < -0.3 is 5.73 Å². The molecule has 0 aromatic heterocycles. The van der Waals surface area contributed by atoms with Crippen LogP contribution in [0.5, 0.6) is 0 Å². The van der Waals surface area contributed by atoms with Crippen LogP contribution < -0.4 is 5.73 Å². The second-order valence-corrected chi connectivity index (χ2v) is 1.98. The van der Waals surface area contributed by atoms with E-state index in [1.54, 1.807) is 6.08 Å². The molecular formula is C8H12BN. The normalized spacial score (nSPS) is 12.4. The smallest absolute Gasteiger partial charge is 0.112 e. The van der Waals surface area contributed by atoms with Gasteiger partial charge in [-0.3, -0.25) is 0 Å². The zero-order chi connectivity index (χ0) is 7.98. The van der Waals surface area contributed by atoms with E-state index < -0.39 is 0 Å². The summed E-state index contributed by atoms with van der Waals surface area (Å²) in [5.41, 5.74) is 6.99. The fraction of sp³-hybridized carbons (Fsp3) is 0.250. The molecule has 0 rings (SSSR count). The Balaban J connectivity index is 3.98. The minimum atomic E-state index is 0.542. The van der Waals surface area contributed by atoms with Gasteiger partial charge in [0.05, 0.1) is 0 Å². The highest BCUT2D eigenvalue weighted by molar-refractivity contribution is 6.23. The van der Waals surface area contributed by atoms with Crippen molar-refractivity contribution in [1.29, 1.82) is 0 Å². The van der Waals surface area contributed by atoms with E-state index in [1.165, 1.54) is 0 Å². The van der Waals surface area contributed by atoms with Crippen molar-refractivity contribution in [3.63, 3.8) is 0 Å². The first-order valence-electron chi connectivity index (χ1n) is 3.18. The van der Waals surface area contributed by atoms with E-state index in [0.717, 1.165) is 5.57 Å². The molecule has 0 fully saturated rings. The van der Waals surface area contributed by atoms with Crippen LogP contribution in [0.1, 0.15) is 6.92 Å². The molecule has 2 heteroatoms. The van der Waals surface area contributed by atoms with Crippen molar-refractivity contribution in [2.45, 2.75) is 6.92 Å². The quantitative estimate of drug-likeness (QED) is 0.453. The molecule has 0 amide bonds. The Morgan fingerprint density at radius 3 is 2.50 bits per heavy atom. The van der Waals surface area contributed by atoms with E-state index in [4.69, 9.17) is 13.6 Å². The largest absolute Gasteiger partial charge is 0.327 e. The molecule has 0 saturated heterocycles. The highest BCUT2D eigenvalue weighted by Gasteiger charge is 1.82. The van der Waals surface area contributed by atoms with Gasteiger partial charge in [-0.1, -0.05) is 18.2 Å². The SMILES string of the molecule is [B]C(=C)/C=C\C(=C/C)CN. The van der Waals surface area contributed by atoms with Crippen molar-refractivity contribution >= 4 is 7.85 Å². The first kappa shape index (κ1) is 9.24. The van der Waals surface area contributed by atoms with Gasteiger partial charge in [0.1, 0.15) is 7.85 Å². The van der Waals surface area contributed by atoms with Gasteiger partial charge in [0, 0.05) is 6.54 Å². The molecule has 10 heavy (non-hydrogen) atoms. The molecule has 0 spiro atoms. The number of hydrogen-bond donors (Lipinski definition) is 1. The standard InChI is InChI=1S/C8H12BN/c1-3-8(6-10)5-4-7(2)9/h3-5H,2,6,10H2,1H3/b5-4-,8-3+. The summed E-state index contributed by atoms with van der Waals surface area (Å²) in [6.45, 7) is 6.00. The summed E-state index contributed by atoms with van der Waals surface area (Å²) in [5, 5.41) is 0. The number of nitrogens with two attached hydrogens (primary N) is 1. The zero-order valence-corrected chi connectivity index (χ0v) is 6.30. The van der Waals surface area contributed by atoms with Gasteiger partial charge in [-0.15, -0.1) is 12.1 Å². The Kier molecular flexibility index (Phi) is 4.68. The van der Waals surface area contributed by atoms with Crippen LogP contribution in [-0.2, 0) is 0 Å². The molecule has 1 nitrogen and oxygen atoms in total. The van der Waals surface area contributed by atoms with Gasteiger partial charge in [-0.2, -0.15) is 0 Å². The van der Waals surface area contributed by atoms with Crippen molar-refractivity contribution in [3.05, 3.63) is 35.9 Å². The average Bonchev–Trinajstić information content (AvgIpc) is 1.90. The van der Waals surface area contributed by atoms with Crippen molar-refractivity contribution in [3.8, 4) is 0 Å². The molecule has 0 atom stereocenters. The molecule has 52 valence electrons. The van der Waals surface area contributed by atoms with E-state index in [0.29, 0.717) is 12.0 Å². The Morgan fingerprint density at radius 1 is 1.60 bits per heavy atom. The highest BCUT2D eigenvalue weighted by Crippen LogP contribution is 1.95. The third-order valence-electron chi connectivity index (χ3n) is 1.12. The number of hydrogen-bond acceptors (Lipinski definition) is 1. The van der Waals surface area contributed by atoms with Crippen LogP contribution in [0.4, 0.5) is 0 Å². The topological polar surface area (TPSA) is 26.0 Å². The maximum Gasteiger partial charge on any atom is 0.112 e. The van der Waals surface area contributed by atoms with Crippen LogP contribution in [-0.4, -0.2) is 14.4 Å². The molecule has 2 N–H and O–H groups in total. The van der Waals surface area contributed by atoms with Crippen LogP contribution in [0.2, 0.25) is 0 Å². The summed E-state index contributed by atoms with van der Waals surface area (Å²) in [5.74, 6) is 0. The minimum Gasteiger partial charge on any atom is -0.327 e. The summed E-state index contributed by atoms with van der Waals surface area (Å²) in [6.07, 6.45) is 5.55. The Morgan fingerprint density at radius 2 is 2.20 bits per heavy atom. The number of rotatable bonds is 3. The van der Waals surface area contributed by atoms with Crippen molar-refractivity contribution in [1.82, 2.24) is 0 Å². The summed E-state index contributed by atoms with van der Waals surface area (Å²) >= 11 is 0. The van der Waals surface area contributed by atoms with Crippen LogP contribution in [0, 0.1) is 0 Å². The molecule has 2 radical (unpaired) electrons. The van der Waals surface area contributed by atoms with Gasteiger partial charge in [0.15, 0.2) is 0 Å². The zero-order valence-electron chi connectivity index (χ0n) is 6.30. The highest BCUT2D eigenvalue weighted by atomic mass is 14.5. The molecule has 0 saturated carbocycles. The average molecular weight is 133 g/mol. The van der Waals surface area contributed by atoms with E-state index in [9.17, 15) is 0 Å². The Bertz CT molecular complexity index is 168. The predicted octanol–water partition coefficient (Wildman–Crippen LogP) is 1.13. The molecule has 0 aromatic carbocycles. The van der Waals surface area contributed by atoms with Crippen molar-refractivity contribution in [2.75, 3.05) is 6.54 Å². The first-order chi connectivity index (χ1) is 4.70. The lowest BCUT2D eigenvalue weighted by Crippen LogP contribution is -2.00. The molecule has 0 unspecified atom stereocenters. The molecule has 0 heterocycles. The lowest BCUT2D eigenvalue weighted by molar-refractivity contribution is 1.18. The van der Waals surface area contributed by atoms with Gasteiger partial charge >= 0.3 is 0 Å². The van der Waals surface area contributed by atoms with Crippen LogP contribution >= 0.6 is 0 Å². The van der Waals surface area contributed by atoms with E-state index >= 15 is 0 Å². The van der Waals surface area contributed by atoms with Crippen LogP contribution in [0.3, 0.4) is 0 Å². The van der Waals surface area contributed by atoms with Gasteiger partial charge in [0.25, 0.3) is 0 Å². The lowest BCUT2D eigenvalue weighted by Gasteiger charge is -1.93. The fourth-order valence-electron chi connectivity index (χ4n) is 0.496. The monoisotopic (exact) mass is 133 g/mol. The Labute approximate surface area is 63.7 Å². The molecule has 0 aliphatic rings. The van der Waals surface area contributed by atoms with Crippen LogP contribution in [0.25, 0.3) is 0 Å². The van der Waals surface area contributed by atoms with Gasteiger partial charge in [-0.05, 0) is 12.5 Å². The molecular weight excluding hydrogens is 121 g/mol. The number of allylic oxidation sites excluding steroid dienone is 3. The van der Waals surface area contributed by atoms with E-state index in [-0.39, 0.29) is 0 Å². The Hall–Kier alpha value is -0.755. The summed E-state index contributed by atoms with van der Waals surface area (Å²) in [7, 11) is 5.30. The van der Waals surface area contributed by atoms with Crippen molar-refractivity contribution < 1.29 is 0 Å². The molecule has 0 aliphatic carbocycles. The van der Waals surface area contributed by atoms with Crippen LogP contribution in [0.15, 0.2) is 35.9 Å². The third-order valence-corrected chi connectivity index (χ3v) is 1.12. The molecule has 0 aliphatic heterocycles. The second kappa shape index (κ2) is 5.06. The lowest BCUT2D eigenvalue weighted by atomic mass is 9.97. The van der Waals surface area contributed by atoms with Crippen molar-refractivity contribution in [2.24, 2.45) is 5.73 Å². The summed E-state index contributed by atoms with van der Waals surface area (Å²) in [6, 6.07) is 0. The second-order valence-electron chi connectivity index (χ2n) is 1.98. The maximum absolute atomic E-state index is 5.38. The third kappa shape index (κ3) is 4.16. The fourth-order valence-corrected chi connectivity index (χ4v) is 0.496. The van der Waals surface area contributed by atoms with Gasteiger partial charge in [0.2, 0.25) is 0 Å².